The second-order valence-corrected chi connectivity index (χ2v) is 14.6. The van der Waals surface area contributed by atoms with Crippen molar-refractivity contribution < 1.29 is 28.7 Å². The number of H-pyrrole nitrogens is 1. The van der Waals surface area contributed by atoms with Crippen molar-refractivity contribution in [3.63, 3.8) is 0 Å². The van der Waals surface area contributed by atoms with E-state index in [0.717, 1.165) is 67.6 Å². The third-order valence-corrected chi connectivity index (χ3v) is 11.4. The number of esters is 1. The molecule has 0 saturated carbocycles. The van der Waals surface area contributed by atoms with Crippen LogP contribution in [0.4, 0.5) is 15.3 Å². The van der Waals surface area contributed by atoms with Crippen molar-refractivity contribution in [2.45, 2.75) is 56.7 Å². The molecule has 7 rings (SSSR count). The lowest BCUT2D eigenvalue weighted by atomic mass is 10.00. The Hall–Kier alpha value is -4.40. The number of anilines is 1. The summed E-state index contributed by atoms with van der Waals surface area (Å²) >= 11 is 6.55. The number of para-hydroxylation sites is 1. The van der Waals surface area contributed by atoms with Gasteiger partial charge in [0.2, 0.25) is 0 Å². The van der Waals surface area contributed by atoms with Crippen LogP contribution >= 0.6 is 11.6 Å². The summed E-state index contributed by atoms with van der Waals surface area (Å²) in [6, 6.07) is 11.8. The van der Waals surface area contributed by atoms with Gasteiger partial charge in [-0.05, 0) is 61.4 Å². The number of rotatable bonds is 8. The normalized spacial score (nSPS) is 20.3. The fourth-order valence-corrected chi connectivity index (χ4v) is 8.36. The number of aromatic amines is 1. The molecule has 0 spiro atoms. The number of amides is 4. The van der Waals surface area contributed by atoms with E-state index < -0.39 is 12.2 Å². The number of hydrogen-bond donors (Lipinski definition) is 2. The number of piperazine rings is 1. The van der Waals surface area contributed by atoms with Gasteiger partial charge in [0.05, 0.1) is 30.4 Å². The second-order valence-electron chi connectivity index (χ2n) is 14.2. The van der Waals surface area contributed by atoms with Crippen LogP contribution in [0.3, 0.4) is 0 Å². The average molecular weight is 735 g/mol. The predicted molar refractivity (Wildman–Crippen MR) is 195 cm³/mol. The second kappa shape index (κ2) is 16.1. The van der Waals surface area contributed by atoms with E-state index in [-0.39, 0.29) is 30.4 Å². The molecule has 0 bridgehead atoms. The molecule has 4 amide bonds. The maximum absolute atomic E-state index is 14.2. The van der Waals surface area contributed by atoms with E-state index in [1.807, 2.05) is 40.1 Å². The van der Waals surface area contributed by atoms with Gasteiger partial charge in [-0.15, -0.1) is 0 Å². The third-order valence-electron chi connectivity index (χ3n) is 11.1. The Morgan fingerprint density at radius 1 is 0.923 bits per heavy atom. The Bertz CT molecular complexity index is 1760. The van der Waals surface area contributed by atoms with Crippen molar-refractivity contribution in [2.24, 2.45) is 0 Å². The third kappa shape index (κ3) is 8.13. The number of aromatic nitrogens is 2. The Labute approximate surface area is 308 Å². The van der Waals surface area contributed by atoms with Crippen LogP contribution in [-0.2, 0) is 31.9 Å². The number of fused-ring (bicyclic) bond motifs is 2. The Morgan fingerprint density at radius 3 is 2.38 bits per heavy atom. The minimum Gasteiger partial charge on any atom is -0.468 e. The van der Waals surface area contributed by atoms with Gasteiger partial charge in [-0.1, -0.05) is 29.8 Å². The minimum absolute atomic E-state index is 0.00302. The number of urea groups is 1. The van der Waals surface area contributed by atoms with E-state index in [1.165, 1.54) is 7.11 Å². The van der Waals surface area contributed by atoms with Gasteiger partial charge in [0, 0.05) is 88.5 Å². The van der Waals surface area contributed by atoms with Crippen molar-refractivity contribution >= 4 is 52.2 Å². The summed E-state index contributed by atoms with van der Waals surface area (Å²) in [7, 11) is 1.41. The van der Waals surface area contributed by atoms with Gasteiger partial charge in [-0.25, -0.2) is 9.59 Å². The van der Waals surface area contributed by atoms with Crippen molar-refractivity contribution in [3.05, 3.63) is 58.7 Å². The average Bonchev–Trinajstić information content (AvgIpc) is 3.58. The van der Waals surface area contributed by atoms with Gasteiger partial charge in [0.25, 0.3) is 5.91 Å². The first kappa shape index (κ1) is 36.0. The first-order valence-corrected chi connectivity index (χ1v) is 18.7. The molecule has 5 heterocycles. The topological polar surface area (TPSA) is 144 Å². The monoisotopic (exact) mass is 734 g/mol. The molecule has 2 aromatic carbocycles. The highest BCUT2D eigenvalue weighted by molar-refractivity contribution is 6.35. The van der Waals surface area contributed by atoms with E-state index in [4.69, 9.17) is 21.1 Å². The molecular formula is C37H47ClN8O6. The number of halogens is 1. The van der Waals surface area contributed by atoms with Crippen molar-refractivity contribution in [1.82, 2.24) is 34.7 Å². The number of piperidine rings is 2. The fourth-order valence-electron chi connectivity index (χ4n) is 8.07. The molecule has 4 aliphatic rings. The number of nitrogens with one attached hydrogen (secondary N) is 2. The highest BCUT2D eigenvalue weighted by Gasteiger charge is 2.37. The van der Waals surface area contributed by atoms with E-state index in [2.05, 4.69) is 25.3 Å². The van der Waals surface area contributed by atoms with Crippen LogP contribution in [0.1, 0.15) is 36.8 Å². The number of hydrogen-bond acceptors (Lipinski definition) is 9. The summed E-state index contributed by atoms with van der Waals surface area (Å²) in [6.07, 6.45) is 3.94. The lowest BCUT2D eigenvalue weighted by Crippen LogP contribution is -2.55. The lowest BCUT2D eigenvalue weighted by molar-refractivity contribution is -0.142. The molecule has 14 nitrogen and oxygen atoms in total. The van der Waals surface area contributed by atoms with Crippen LogP contribution in [0.25, 0.3) is 10.9 Å². The number of ether oxygens (including phenoxy) is 2. The largest absolute Gasteiger partial charge is 0.468 e. The molecule has 1 aromatic heterocycles. The van der Waals surface area contributed by atoms with E-state index in [9.17, 15) is 19.2 Å². The molecule has 1 atom stereocenters. The standard InChI is InChI=1S/C37H47ClN8O6/c1-51-33(47)24-42-16-18-43(19-17-42)28-7-11-44(12-8-28)35(48)32(22-25-20-27-23-39-41-34(27)30(38)21-25)52-37(50)45-13-9-29(10-14-45)46-15-6-26-4-2-3-5-31(26)40-36(46)49/h2-5,20-21,23,28-29,32H,6-19,22,24H2,1H3,(H,39,41)(H,40,49). The first-order chi connectivity index (χ1) is 25.2. The highest BCUT2D eigenvalue weighted by atomic mass is 35.5. The molecule has 3 aromatic rings. The smallest absolute Gasteiger partial charge is 0.410 e. The summed E-state index contributed by atoms with van der Waals surface area (Å²) in [6.45, 7) is 6.21. The molecule has 15 heteroatoms. The van der Waals surface area contributed by atoms with Crippen LogP contribution in [0.5, 0.6) is 0 Å². The minimum atomic E-state index is -1.03. The SMILES string of the molecule is COC(=O)CN1CCN(C2CCN(C(=O)C(Cc3cc(Cl)c4[nH]ncc4c3)OC(=O)N3CCC(N4CCc5ccccc5NC4=O)CC3)CC2)CC1. The van der Waals surface area contributed by atoms with Crippen molar-refractivity contribution in [1.29, 1.82) is 0 Å². The van der Waals surface area contributed by atoms with Crippen molar-refractivity contribution in [2.75, 3.05) is 77.9 Å². The maximum atomic E-state index is 14.2. The Morgan fingerprint density at radius 2 is 1.63 bits per heavy atom. The summed E-state index contributed by atoms with van der Waals surface area (Å²) in [5.74, 6) is -0.436. The number of nitrogens with zero attached hydrogens (tertiary/aromatic N) is 6. The summed E-state index contributed by atoms with van der Waals surface area (Å²) in [4.78, 5) is 62.6. The molecule has 2 N–H and O–H groups in total. The molecule has 3 saturated heterocycles. The molecule has 4 aliphatic heterocycles. The molecule has 52 heavy (non-hydrogen) atoms. The van der Waals surface area contributed by atoms with Crippen molar-refractivity contribution in [3.8, 4) is 0 Å². The van der Waals surface area contributed by atoms with Crippen LogP contribution < -0.4 is 5.32 Å². The number of likely N-dealkylation sites (tertiary alicyclic amines) is 2. The quantitative estimate of drug-likeness (QED) is 0.332. The Balaban J connectivity index is 0.970. The van der Waals surface area contributed by atoms with Gasteiger partial charge in [0.15, 0.2) is 6.10 Å². The zero-order chi connectivity index (χ0) is 36.2. The zero-order valence-electron chi connectivity index (χ0n) is 29.6. The number of carbonyl (C=O) groups excluding carboxylic acids is 4. The first-order valence-electron chi connectivity index (χ1n) is 18.3. The maximum Gasteiger partial charge on any atom is 0.410 e. The molecule has 0 aliphatic carbocycles. The fraction of sp³-hybridized carbons (Fsp3) is 0.541. The predicted octanol–water partition coefficient (Wildman–Crippen LogP) is 3.60. The van der Waals surface area contributed by atoms with E-state index in [0.29, 0.717) is 68.7 Å². The molecular weight excluding hydrogens is 688 g/mol. The Kier molecular flexibility index (Phi) is 11.1. The number of benzene rings is 2. The van der Waals surface area contributed by atoms with E-state index in [1.54, 1.807) is 17.2 Å². The van der Waals surface area contributed by atoms with Crippen LogP contribution in [-0.4, -0.2) is 149 Å². The van der Waals surface area contributed by atoms with E-state index >= 15 is 0 Å². The molecule has 3 fully saturated rings. The lowest BCUT2D eigenvalue weighted by Gasteiger charge is -2.43. The van der Waals surface area contributed by atoms with Gasteiger partial charge < -0.3 is 29.5 Å². The summed E-state index contributed by atoms with van der Waals surface area (Å²) in [5.41, 5.74) is 3.45. The van der Waals surface area contributed by atoms with Crippen LogP contribution in [0, 0.1) is 0 Å². The zero-order valence-corrected chi connectivity index (χ0v) is 30.4. The number of carbonyl (C=O) groups is 4. The summed E-state index contributed by atoms with van der Waals surface area (Å²) in [5, 5.41) is 11.3. The van der Waals surface area contributed by atoms with Crippen LogP contribution in [0.15, 0.2) is 42.6 Å². The van der Waals surface area contributed by atoms with Gasteiger partial charge in [0.1, 0.15) is 0 Å². The molecule has 0 radical (unpaired) electrons. The van der Waals surface area contributed by atoms with Gasteiger partial charge in [-0.3, -0.25) is 24.5 Å². The molecule has 278 valence electrons. The van der Waals surface area contributed by atoms with Crippen LogP contribution in [0.2, 0.25) is 5.02 Å². The molecule has 1 unspecified atom stereocenters. The van der Waals surface area contributed by atoms with Gasteiger partial charge >= 0.3 is 18.1 Å². The van der Waals surface area contributed by atoms with Gasteiger partial charge in [-0.2, -0.15) is 5.10 Å². The number of methoxy groups -OCH3 is 1. The highest BCUT2D eigenvalue weighted by Crippen LogP contribution is 2.28. The summed E-state index contributed by atoms with van der Waals surface area (Å²) < 4.78 is 10.9.